The number of rotatable bonds is 58. The molecule has 1 unspecified atom stereocenters. The summed E-state index contributed by atoms with van der Waals surface area (Å²) in [5.74, 6) is -0.872. The Kier molecular flexibility index (Phi) is 59.7. The first-order chi connectivity index (χ1) is 36.5. The van der Waals surface area contributed by atoms with Gasteiger partial charge in [-0.1, -0.05) is 306 Å². The van der Waals surface area contributed by atoms with Crippen LogP contribution in [0.1, 0.15) is 323 Å². The van der Waals surface area contributed by atoms with Crippen LogP contribution in [-0.2, 0) is 28.6 Å². The summed E-state index contributed by atoms with van der Waals surface area (Å²) in [5, 5.41) is 0. The van der Waals surface area contributed by atoms with Crippen LogP contribution in [0.3, 0.4) is 0 Å². The summed E-state index contributed by atoms with van der Waals surface area (Å²) in [7, 11) is 0. The van der Waals surface area contributed by atoms with Crippen molar-refractivity contribution in [3.8, 4) is 0 Å². The Labute approximate surface area is 459 Å². The summed E-state index contributed by atoms with van der Waals surface area (Å²) in [5.41, 5.74) is 0. The molecule has 74 heavy (non-hydrogen) atoms. The van der Waals surface area contributed by atoms with E-state index in [-0.39, 0.29) is 31.1 Å². The van der Waals surface area contributed by atoms with Gasteiger partial charge in [0.25, 0.3) is 0 Å². The van der Waals surface area contributed by atoms with Gasteiger partial charge in [-0.2, -0.15) is 0 Å². The van der Waals surface area contributed by atoms with E-state index in [2.05, 4.69) is 93.7 Å². The summed E-state index contributed by atoms with van der Waals surface area (Å²) in [6.45, 7) is 6.56. The highest BCUT2D eigenvalue weighted by molar-refractivity contribution is 5.71. The summed E-state index contributed by atoms with van der Waals surface area (Å²) >= 11 is 0. The fourth-order valence-corrected chi connectivity index (χ4v) is 9.21. The monoisotopic (exact) mass is 1030 g/mol. The van der Waals surface area contributed by atoms with Crippen LogP contribution in [0.15, 0.2) is 72.9 Å². The SMILES string of the molecule is CC/C=C\C/C=C\C/C=C\C/C=C\C/C=C\C/C=C\CCCCCCCCC(=O)OCC(COC(=O)CCCCCCCCCCCCCCC)OC(=O)CCCCCCCCCCCCCCCCCCCC. The molecular weight excluding hydrogens is 913 g/mol. The van der Waals surface area contributed by atoms with E-state index in [1.54, 1.807) is 0 Å². The molecule has 1 atom stereocenters. The third-order valence-corrected chi connectivity index (χ3v) is 14.0. The van der Waals surface area contributed by atoms with Gasteiger partial charge in [0, 0.05) is 19.3 Å². The maximum absolute atomic E-state index is 12.9. The molecule has 0 N–H and O–H groups in total. The average molecular weight is 1030 g/mol. The van der Waals surface area contributed by atoms with E-state index in [4.69, 9.17) is 14.2 Å². The molecule has 6 heteroatoms. The average Bonchev–Trinajstić information content (AvgIpc) is 3.40. The van der Waals surface area contributed by atoms with Crippen molar-refractivity contribution >= 4 is 17.9 Å². The second-order valence-corrected chi connectivity index (χ2v) is 21.3. The summed E-state index contributed by atoms with van der Waals surface area (Å²) in [6.07, 6.45) is 80.4. The number of esters is 3. The second-order valence-electron chi connectivity index (χ2n) is 21.3. The Morgan fingerprint density at radius 1 is 0.284 bits per heavy atom. The minimum atomic E-state index is -0.779. The Bertz CT molecular complexity index is 1370. The molecule has 0 saturated heterocycles. The van der Waals surface area contributed by atoms with Gasteiger partial charge in [-0.15, -0.1) is 0 Å². The van der Waals surface area contributed by atoms with Gasteiger partial charge in [0.05, 0.1) is 0 Å². The van der Waals surface area contributed by atoms with Crippen molar-refractivity contribution in [3.05, 3.63) is 72.9 Å². The van der Waals surface area contributed by atoms with Crippen molar-refractivity contribution < 1.29 is 28.6 Å². The number of ether oxygens (including phenoxy) is 3. The molecule has 6 nitrogen and oxygen atoms in total. The topological polar surface area (TPSA) is 78.9 Å². The van der Waals surface area contributed by atoms with E-state index in [0.717, 1.165) is 103 Å². The van der Waals surface area contributed by atoms with Crippen molar-refractivity contribution in [2.75, 3.05) is 13.2 Å². The number of unbranched alkanes of at least 4 members (excludes halogenated alkanes) is 35. The molecule has 0 aromatic carbocycles. The van der Waals surface area contributed by atoms with Crippen LogP contribution in [0.5, 0.6) is 0 Å². The predicted octanol–water partition coefficient (Wildman–Crippen LogP) is 21.7. The molecule has 0 aliphatic carbocycles. The summed E-state index contributed by atoms with van der Waals surface area (Å²) in [4.78, 5) is 38.3. The van der Waals surface area contributed by atoms with Gasteiger partial charge < -0.3 is 14.2 Å². The lowest BCUT2D eigenvalue weighted by Crippen LogP contribution is -2.30. The van der Waals surface area contributed by atoms with E-state index in [1.165, 1.54) is 180 Å². The van der Waals surface area contributed by atoms with E-state index >= 15 is 0 Å². The fourth-order valence-electron chi connectivity index (χ4n) is 9.21. The Hall–Kier alpha value is -3.15. The van der Waals surface area contributed by atoms with Crippen molar-refractivity contribution in [2.24, 2.45) is 0 Å². The van der Waals surface area contributed by atoms with Crippen molar-refractivity contribution in [1.29, 1.82) is 0 Å². The van der Waals surface area contributed by atoms with Gasteiger partial charge in [0.15, 0.2) is 6.10 Å². The highest BCUT2D eigenvalue weighted by Crippen LogP contribution is 2.17. The zero-order valence-electron chi connectivity index (χ0n) is 49.1. The first-order valence-corrected chi connectivity index (χ1v) is 31.9. The van der Waals surface area contributed by atoms with Gasteiger partial charge in [-0.3, -0.25) is 14.4 Å². The lowest BCUT2D eigenvalue weighted by Gasteiger charge is -2.18. The molecule has 0 bridgehead atoms. The van der Waals surface area contributed by atoms with E-state index < -0.39 is 6.10 Å². The Balaban J connectivity index is 4.33. The highest BCUT2D eigenvalue weighted by Gasteiger charge is 2.19. The third-order valence-electron chi connectivity index (χ3n) is 14.0. The zero-order chi connectivity index (χ0) is 53.6. The van der Waals surface area contributed by atoms with Crippen LogP contribution in [0, 0.1) is 0 Å². The van der Waals surface area contributed by atoms with E-state index in [9.17, 15) is 14.4 Å². The summed E-state index contributed by atoms with van der Waals surface area (Å²) < 4.78 is 16.9. The number of hydrogen-bond donors (Lipinski definition) is 0. The lowest BCUT2D eigenvalue weighted by atomic mass is 10.0. The predicted molar refractivity (Wildman–Crippen MR) is 321 cm³/mol. The first-order valence-electron chi connectivity index (χ1n) is 31.9. The molecule has 0 radical (unpaired) electrons. The number of hydrogen-bond acceptors (Lipinski definition) is 6. The Morgan fingerprint density at radius 2 is 0.527 bits per heavy atom. The molecule has 0 fully saturated rings. The van der Waals surface area contributed by atoms with E-state index in [0.29, 0.717) is 19.3 Å². The quantitative estimate of drug-likeness (QED) is 0.0261. The van der Waals surface area contributed by atoms with Crippen LogP contribution < -0.4 is 0 Å². The maximum Gasteiger partial charge on any atom is 0.306 e. The molecule has 0 rings (SSSR count). The number of allylic oxidation sites excluding steroid dienone is 12. The number of carbonyl (C=O) groups is 3. The molecule has 0 amide bonds. The fraction of sp³-hybridized carbons (Fsp3) is 0.779. The number of carbonyl (C=O) groups excluding carboxylic acids is 3. The highest BCUT2D eigenvalue weighted by atomic mass is 16.6. The molecule has 0 aliphatic rings. The molecule has 0 spiro atoms. The van der Waals surface area contributed by atoms with Crippen LogP contribution >= 0.6 is 0 Å². The van der Waals surface area contributed by atoms with Gasteiger partial charge in [0.2, 0.25) is 0 Å². The van der Waals surface area contributed by atoms with Gasteiger partial charge >= 0.3 is 17.9 Å². The minimum absolute atomic E-state index is 0.0754. The minimum Gasteiger partial charge on any atom is -0.462 e. The van der Waals surface area contributed by atoms with Gasteiger partial charge in [-0.25, -0.2) is 0 Å². The van der Waals surface area contributed by atoms with Crippen molar-refractivity contribution in [3.63, 3.8) is 0 Å². The summed E-state index contributed by atoms with van der Waals surface area (Å²) in [6, 6.07) is 0. The van der Waals surface area contributed by atoms with Crippen LogP contribution in [0.2, 0.25) is 0 Å². The van der Waals surface area contributed by atoms with Gasteiger partial charge in [-0.05, 0) is 70.6 Å². The van der Waals surface area contributed by atoms with Crippen LogP contribution in [0.25, 0.3) is 0 Å². The smallest absolute Gasteiger partial charge is 0.306 e. The lowest BCUT2D eigenvalue weighted by molar-refractivity contribution is -0.167. The van der Waals surface area contributed by atoms with Gasteiger partial charge in [0.1, 0.15) is 13.2 Å². The first kappa shape index (κ1) is 70.8. The van der Waals surface area contributed by atoms with E-state index in [1.807, 2.05) is 0 Å². The zero-order valence-corrected chi connectivity index (χ0v) is 49.1. The molecule has 0 aromatic heterocycles. The molecule has 0 saturated carbocycles. The molecule has 428 valence electrons. The molecular formula is C68H120O6. The van der Waals surface area contributed by atoms with Crippen molar-refractivity contribution in [2.45, 2.75) is 329 Å². The standard InChI is InChI=1S/C68H120O6/c1-4-7-10-13-16-19-22-25-27-29-31-32-33-34-35-36-37-39-40-43-46-49-52-55-58-61-67(70)73-64-65(63-72-66(69)60-57-54-51-48-45-42-24-21-18-15-12-9-6-3)74-68(71)62-59-56-53-50-47-44-41-38-30-28-26-23-20-17-14-11-8-5-2/h7,10,16,19,25,27,31-32,34-35,37,39,65H,4-6,8-9,11-15,17-18,20-24,26,28-30,33,36,38,40-64H2,1-3H3/b10-7-,19-16-,27-25-,32-31-,35-34-,39-37-. The second kappa shape index (κ2) is 62.4. The molecule has 0 aliphatic heterocycles. The maximum atomic E-state index is 12.9. The van der Waals surface area contributed by atoms with Crippen molar-refractivity contribution in [1.82, 2.24) is 0 Å². The van der Waals surface area contributed by atoms with Crippen LogP contribution in [-0.4, -0.2) is 37.2 Å². The largest absolute Gasteiger partial charge is 0.462 e. The normalized spacial score (nSPS) is 12.5. The molecule has 0 aromatic rings. The third kappa shape index (κ3) is 59.7. The Morgan fingerprint density at radius 3 is 0.824 bits per heavy atom. The molecule has 0 heterocycles. The van der Waals surface area contributed by atoms with Crippen LogP contribution in [0.4, 0.5) is 0 Å².